The lowest BCUT2D eigenvalue weighted by Crippen LogP contribution is -2.18. The molecule has 0 aliphatic heterocycles. The number of rotatable bonds is 7. The summed E-state index contributed by atoms with van der Waals surface area (Å²) in [4.78, 5) is 4.63. The van der Waals surface area contributed by atoms with E-state index >= 15 is 0 Å². The van der Waals surface area contributed by atoms with Crippen LogP contribution in [0.5, 0.6) is 0 Å². The highest BCUT2D eigenvalue weighted by Crippen LogP contribution is 2.37. The Bertz CT molecular complexity index is 1570. The Kier molecular flexibility index (Phi) is 7.09. The van der Waals surface area contributed by atoms with Crippen LogP contribution in [0.1, 0.15) is 18.4 Å². The molecule has 5 aromatic rings. The zero-order valence-electron chi connectivity index (χ0n) is 22.2. The third kappa shape index (κ3) is 5.42. The van der Waals surface area contributed by atoms with Crippen LogP contribution >= 0.6 is 0 Å². The van der Waals surface area contributed by atoms with Crippen LogP contribution in [0, 0.1) is 0 Å². The maximum Gasteiger partial charge on any atom is 0.0463 e. The van der Waals surface area contributed by atoms with Crippen LogP contribution in [-0.2, 0) is 0 Å². The summed E-state index contributed by atoms with van der Waals surface area (Å²) in [5, 5.41) is 0. The van der Waals surface area contributed by atoms with Crippen LogP contribution in [0.25, 0.3) is 16.7 Å². The van der Waals surface area contributed by atoms with E-state index in [1.165, 1.54) is 33.6 Å². The first-order chi connectivity index (χ1) is 19.3. The molecule has 1 aliphatic rings. The van der Waals surface area contributed by atoms with Crippen molar-refractivity contribution in [2.75, 3.05) is 16.8 Å². The molecule has 6 rings (SSSR count). The molecule has 0 atom stereocenters. The number of hydrogen-bond acceptors (Lipinski definition) is 2. The minimum Gasteiger partial charge on any atom is -0.348 e. The number of hydrogen-bond donors (Lipinski definition) is 0. The number of nitrogens with zero attached hydrogens (tertiary/aromatic N) is 2. The number of benzene rings is 5. The van der Waals surface area contributed by atoms with E-state index in [2.05, 4.69) is 169 Å². The minimum absolute atomic E-state index is 1.04. The zero-order valence-corrected chi connectivity index (χ0v) is 22.2. The first-order valence-electron chi connectivity index (χ1n) is 13.6. The summed E-state index contributed by atoms with van der Waals surface area (Å²) in [6, 6.07) is 49.5. The Morgan fingerprint density at radius 1 is 0.462 bits per heavy atom. The molecule has 39 heavy (non-hydrogen) atoms. The van der Waals surface area contributed by atoms with Gasteiger partial charge < -0.3 is 9.80 Å². The van der Waals surface area contributed by atoms with Gasteiger partial charge in [-0.1, -0.05) is 97.1 Å². The van der Waals surface area contributed by atoms with E-state index in [4.69, 9.17) is 0 Å². The van der Waals surface area contributed by atoms with Gasteiger partial charge in [0.25, 0.3) is 0 Å². The molecule has 0 unspecified atom stereocenters. The minimum atomic E-state index is 1.04. The molecule has 0 saturated carbocycles. The van der Waals surface area contributed by atoms with Crippen molar-refractivity contribution in [3.63, 3.8) is 0 Å². The maximum absolute atomic E-state index is 2.34. The lowest BCUT2D eigenvalue weighted by Gasteiger charge is -2.28. The van der Waals surface area contributed by atoms with E-state index in [0.717, 1.165) is 29.9 Å². The van der Waals surface area contributed by atoms with Gasteiger partial charge in [-0.15, -0.1) is 0 Å². The number of allylic oxidation sites excluding steroid dienone is 4. The topological polar surface area (TPSA) is 6.48 Å². The van der Waals surface area contributed by atoms with Crippen LogP contribution in [-0.4, -0.2) is 7.05 Å². The quantitative estimate of drug-likeness (QED) is 0.218. The second-order valence-corrected chi connectivity index (χ2v) is 9.86. The molecule has 0 saturated heterocycles. The van der Waals surface area contributed by atoms with Crippen molar-refractivity contribution < 1.29 is 0 Å². The first kappa shape index (κ1) is 24.5. The van der Waals surface area contributed by atoms with E-state index in [-0.39, 0.29) is 0 Å². The highest BCUT2D eigenvalue weighted by Gasteiger charge is 2.15. The van der Waals surface area contributed by atoms with Crippen molar-refractivity contribution in [2.24, 2.45) is 0 Å². The van der Waals surface area contributed by atoms with Crippen LogP contribution < -0.4 is 9.80 Å². The molecule has 0 heterocycles. The van der Waals surface area contributed by atoms with Crippen molar-refractivity contribution >= 4 is 28.3 Å². The van der Waals surface area contributed by atoms with Gasteiger partial charge in [0.1, 0.15) is 0 Å². The first-order valence-corrected chi connectivity index (χ1v) is 13.6. The molecule has 0 radical (unpaired) electrons. The Morgan fingerprint density at radius 3 is 1.54 bits per heavy atom. The van der Waals surface area contributed by atoms with Gasteiger partial charge in [0.15, 0.2) is 0 Å². The third-order valence-corrected chi connectivity index (χ3v) is 7.37. The Balaban J connectivity index is 1.28. The standard InChI is InChI=1S/C37H32N2/c1-38(37-19-11-16-32(28-37)30-14-7-3-8-15-30)33-24-26-36(27-25-33)39(34-17-9-4-10-18-34)35-22-20-31(21-23-35)29-12-5-2-6-13-29/h2-10,12-18,20-28H,11,19H2,1H3. The summed E-state index contributed by atoms with van der Waals surface area (Å²) >= 11 is 0. The predicted octanol–water partition coefficient (Wildman–Crippen LogP) is 10.0. The van der Waals surface area contributed by atoms with Crippen molar-refractivity contribution in [1.29, 1.82) is 0 Å². The second kappa shape index (κ2) is 11.3. The summed E-state index contributed by atoms with van der Waals surface area (Å²) < 4.78 is 0. The summed E-state index contributed by atoms with van der Waals surface area (Å²) in [7, 11) is 2.17. The summed E-state index contributed by atoms with van der Waals surface area (Å²) in [5.41, 5.74) is 10.9. The average molecular weight is 505 g/mol. The van der Waals surface area contributed by atoms with E-state index in [0.29, 0.717) is 0 Å². The van der Waals surface area contributed by atoms with Crippen LogP contribution in [0.2, 0.25) is 0 Å². The molecule has 0 fully saturated rings. The van der Waals surface area contributed by atoms with E-state index in [1.807, 2.05) is 0 Å². The third-order valence-electron chi connectivity index (χ3n) is 7.37. The van der Waals surface area contributed by atoms with Crippen LogP contribution in [0.4, 0.5) is 22.7 Å². The van der Waals surface area contributed by atoms with Crippen molar-refractivity contribution in [2.45, 2.75) is 12.8 Å². The molecule has 0 spiro atoms. The van der Waals surface area contributed by atoms with Gasteiger partial charge in [-0.2, -0.15) is 0 Å². The van der Waals surface area contributed by atoms with Crippen molar-refractivity contribution in [3.05, 3.63) is 163 Å². The largest absolute Gasteiger partial charge is 0.348 e. The van der Waals surface area contributed by atoms with Crippen molar-refractivity contribution in [1.82, 2.24) is 0 Å². The molecule has 0 aromatic heterocycles. The number of para-hydroxylation sites is 1. The molecular weight excluding hydrogens is 472 g/mol. The normalized spacial score (nSPS) is 12.8. The van der Waals surface area contributed by atoms with Gasteiger partial charge in [-0.25, -0.2) is 0 Å². The second-order valence-electron chi connectivity index (χ2n) is 9.86. The van der Waals surface area contributed by atoms with E-state index < -0.39 is 0 Å². The SMILES string of the molecule is CN(C1=CC(c2ccccc2)=CCC1)c1ccc(N(c2ccccc2)c2ccc(-c3ccccc3)cc2)cc1. The molecule has 0 bridgehead atoms. The monoisotopic (exact) mass is 504 g/mol. The van der Waals surface area contributed by atoms with E-state index in [1.54, 1.807) is 0 Å². The number of anilines is 4. The molecule has 0 amide bonds. The molecular formula is C37H32N2. The summed E-state index contributed by atoms with van der Waals surface area (Å²) in [5.74, 6) is 0. The van der Waals surface area contributed by atoms with Gasteiger partial charge in [0.05, 0.1) is 0 Å². The van der Waals surface area contributed by atoms with Crippen LogP contribution in [0.3, 0.4) is 0 Å². The maximum atomic E-state index is 2.34. The summed E-state index contributed by atoms with van der Waals surface area (Å²) in [6.07, 6.45) is 6.77. The lowest BCUT2D eigenvalue weighted by molar-refractivity contribution is 0.899. The molecule has 5 aromatic carbocycles. The predicted molar refractivity (Wildman–Crippen MR) is 167 cm³/mol. The van der Waals surface area contributed by atoms with Gasteiger partial charge >= 0.3 is 0 Å². The molecule has 0 N–H and O–H groups in total. The summed E-state index contributed by atoms with van der Waals surface area (Å²) in [6.45, 7) is 0. The molecule has 2 nitrogen and oxygen atoms in total. The fourth-order valence-electron chi connectivity index (χ4n) is 5.23. The van der Waals surface area contributed by atoms with Gasteiger partial charge in [0, 0.05) is 35.5 Å². The smallest absolute Gasteiger partial charge is 0.0463 e. The molecule has 2 heteroatoms. The fourth-order valence-corrected chi connectivity index (χ4v) is 5.23. The molecule has 190 valence electrons. The average Bonchev–Trinajstić information content (AvgIpc) is 3.03. The zero-order chi connectivity index (χ0) is 26.4. The van der Waals surface area contributed by atoms with Gasteiger partial charge in [-0.3, -0.25) is 0 Å². The highest BCUT2D eigenvalue weighted by atomic mass is 15.1. The van der Waals surface area contributed by atoms with E-state index in [9.17, 15) is 0 Å². The molecule has 1 aliphatic carbocycles. The van der Waals surface area contributed by atoms with Gasteiger partial charge in [0.2, 0.25) is 0 Å². The van der Waals surface area contributed by atoms with Gasteiger partial charge in [-0.05, 0) is 89.7 Å². The Hall–Kier alpha value is -4.82. The van der Waals surface area contributed by atoms with Crippen LogP contribution in [0.15, 0.2) is 157 Å². The Morgan fingerprint density at radius 2 is 0.923 bits per heavy atom. The Labute approximate surface area is 231 Å². The lowest BCUT2D eigenvalue weighted by atomic mass is 9.97. The van der Waals surface area contributed by atoms with Crippen molar-refractivity contribution in [3.8, 4) is 11.1 Å². The fraction of sp³-hybridized carbons (Fsp3) is 0.0811. The highest BCUT2D eigenvalue weighted by molar-refractivity contribution is 5.80.